The van der Waals surface area contributed by atoms with Gasteiger partial charge < -0.3 is 10.2 Å². The molecule has 0 aliphatic carbocycles. The summed E-state index contributed by atoms with van der Waals surface area (Å²) in [5.41, 5.74) is 0.645. The van der Waals surface area contributed by atoms with Crippen molar-refractivity contribution in [3.8, 4) is 0 Å². The zero-order valence-electron chi connectivity index (χ0n) is 12.5. The first-order valence-corrected chi connectivity index (χ1v) is 8.62. The van der Waals surface area contributed by atoms with Crippen LogP contribution in [-0.2, 0) is 0 Å². The molecule has 1 fully saturated rings. The first-order valence-electron chi connectivity index (χ1n) is 7.45. The van der Waals surface area contributed by atoms with Gasteiger partial charge in [-0.2, -0.15) is 0 Å². The molecule has 0 bridgehead atoms. The molecule has 21 heavy (non-hydrogen) atoms. The van der Waals surface area contributed by atoms with Gasteiger partial charge in [-0.05, 0) is 63.9 Å². The molecule has 1 aliphatic rings. The third-order valence-corrected chi connectivity index (χ3v) is 4.52. The van der Waals surface area contributed by atoms with Gasteiger partial charge in [0.25, 0.3) is 5.91 Å². The second kappa shape index (κ2) is 7.61. The van der Waals surface area contributed by atoms with E-state index in [1.807, 2.05) is 11.0 Å². The summed E-state index contributed by atoms with van der Waals surface area (Å²) in [6.07, 6.45) is 2.37. The molecule has 0 aromatic heterocycles. The van der Waals surface area contributed by atoms with E-state index in [-0.39, 0.29) is 11.9 Å². The maximum absolute atomic E-state index is 12.8. The van der Waals surface area contributed by atoms with Crippen LogP contribution >= 0.6 is 27.5 Å². The SMILES string of the molecule is CC(C)N(CC1CCCNC1)C(=O)c1cc(Cl)cc(Br)c1. The van der Waals surface area contributed by atoms with Crippen molar-refractivity contribution >= 4 is 33.4 Å². The standard InChI is InChI=1S/C16H22BrClN2O/c1-11(2)20(10-12-4-3-5-19-9-12)16(21)13-6-14(17)8-15(18)7-13/h6-8,11-12,19H,3-5,9-10H2,1-2H3. The van der Waals surface area contributed by atoms with Crippen LogP contribution in [0.3, 0.4) is 0 Å². The lowest BCUT2D eigenvalue weighted by Crippen LogP contribution is -2.44. The lowest BCUT2D eigenvalue weighted by molar-refractivity contribution is 0.0661. The van der Waals surface area contributed by atoms with Crippen molar-refractivity contribution in [1.82, 2.24) is 10.2 Å². The number of carbonyl (C=O) groups is 1. The number of hydrogen-bond donors (Lipinski definition) is 1. The maximum atomic E-state index is 12.8. The van der Waals surface area contributed by atoms with Crippen LogP contribution < -0.4 is 5.32 Å². The molecule has 1 unspecified atom stereocenters. The molecule has 116 valence electrons. The number of amides is 1. The number of halogens is 2. The van der Waals surface area contributed by atoms with Gasteiger partial charge in [0.05, 0.1) is 0 Å². The normalized spacial score (nSPS) is 18.8. The van der Waals surface area contributed by atoms with Crippen LogP contribution in [0.15, 0.2) is 22.7 Å². The summed E-state index contributed by atoms with van der Waals surface area (Å²) in [5.74, 6) is 0.589. The Morgan fingerprint density at radius 2 is 2.24 bits per heavy atom. The zero-order valence-corrected chi connectivity index (χ0v) is 14.9. The summed E-state index contributed by atoms with van der Waals surface area (Å²) in [4.78, 5) is 14.7. The van der Waals surface area contributed by atoms with Crippen LogP contribution in [0.1, 0.15) is 37.0 Å². The topological polar surface area (TPSA) is 32.3 Å². The van der Waals surface area contributed by atoms with E-state index in [1.54, 1.807) is 12.1 Å². The highest BCUT2D eigenvalue weighted by atomic mass is 79.9. The van der Waals surface area contributed by atoms with E-state index in [1.165, 1.54) is 12.8 Å². The molecule has 5 heteroatoms. The van der Waals surface area contributed by atoms with Gasteiger partial charge in [0.1, 0.15) is 0 Å². The predicted octanol–water partition coefficient (Wildman–Crippen LogP) is 3.95. The number of hydrogen-bond acceptors (Lipinski definition) is 2. The van der Waals surface area contributed by atoms with Crippen LogP contribution in [0.2, 0.25) is 5.02 Å². The molecule has 1 aromatic carbocycles. The summed E-state index contributed by atoms with van der Waals surface area (Å²) in [6.45, 7) is 7.01. The number of nitrogens with one attached hydrogen (secondary N) is 1. The van der Waals surface area contributed by atoms with Crippen molar-refractivity contribution in [1.29, 1.82) is 0 Å². The van der Waals surface area contributed by atoms with Crippen molar-refractivity contribution in [2.75, 3.05) is 19.6 Å². The second-order valence-electron chi connectivity index (χ2n) is 5.92. The lowest BCUT2D eigenvalue weighted by atomic mass is 9.98. The minimum Gasteiger partial charge on any atom is -0.336 e. The minimum atomic E-state index is 0.0544. The van der Waals surface area contributed by atoms with Gasteiger partial charge in [-0.1, -0.05) is 27.5 Å². The van der Waals surface area contributed by atoms with Gasteiger partial charge in [0.15, 0.2) is 0 Å². The fourth-order valence-corrected chi connectivity index (χ4v) is 3.59. The van der Waals surface area contributed by atoms with Crippen LogP contribution in [0, 0.1) is 5.92 Å². The van der Waals surface area contributed by atoms with Crippen LogP contribution in [0.25, 0.3) is 0 Å². The number of rotatable bonds is 4. The second-order valence-corrected chi connectivity index (χ2v) is 7.27. The van der Waals surface area contributed by atoms with Crippen LogP contribution in [0.4, 0.5) is 0 Å². The molecule has 0 radical (unpaired) electrons. The van der Waals surface area contributed by atoms with Gasteiger partial charge in [0, 0.05) is 27.6 Å². The van der Waals surface area contributed by atoms with Crippen LogP contribution in [0.5, 0.6) is 0 Å². The van der Waals surface area contributed by atoms with Crippen molar-refractivity contribution in [3.05, 3.63) is 33.3 Å². The zero-order chi connectivity index (χ0) is 15.4. The van der Waals surface area contributed by atoms with Gasteiger partial charge in [-0.15, -0.1) is 0 Å². The third kappa shape index (κ3) is 4.70. The molecule has 0 saturated carbocycles. The number of piperidine rings is 1. The molecular formula is C16H22BrClN2O. The monoisotopic (exact) mass is 372 g/mol. The Morgan fingerprint density at radius 3 is 2.81 bits per heavy atom. The Labute approximate surface area is 140 Å². The van der Waals surface area contributed by atoms with E-state index in [9.17, 15) is 4.79 Å². The molecule has 1 atom stereocenters. The largest absolute Gasteiger partial charge is 0.336 e. The molecule has 1 aliphatic heterocycles. The lowest BCUT2D eigenvalue weighted by Gasteiger charge is -2.33. The Hall–Kier alpha value is -0.580. The molecule has 2 rings (SSSR count). The van der Waals surface area contributed by atoms with E-state index < -0.39 is 0 Å². The predicted molar refractivity (Wildman–Crippen MR) is 90.9 cm³/mol. The highest BCUT2D eigenvalue weighted by molar-refractivity contribution is 9.10. The molecule has 1 amide bonds. The van der Waals surface area contributed by atoms with Crippen molar-refractivity contribution in [2.24, 2.45) is 5.92 Å². The Morgan fingerprint density at radius 1 is 1.48 bits per heavy atom. The number of benzene rings is 1. The van der Waals surface area contributed by atoms with Gasteiger partial charge >= 0.3 is 0 Å². The van der Waals surface area contributed by atoms with Gasteiger partial charge in [-0.3, -0.25) is 4.79 Å². The molecule has 1 aromatic rings. The van der Waals surface area contributed by atoms with E-state index in [2.05, 4.69) is 35.1 Å². The fourth-order valence-electron chi connectivity index (χ4n) is 2.73. The first kappa shape index (κ1) is 16.8. The van der Waals surface area contributed by atoms with E-state index in [0.29, 0.717) is 16.5 Å². The maximum Gasteiger partial charge on any atom is 0.254 e. The fraction of sp³-hybridized carbons (Fsp3) is 0.562. The summed E-state index contributed by atoms with van der Waals surface area (Å²) in [6, 6.07) is 5.55. The van der Waals surface area contributed by atoms with E-state index in [4.69, 9.17) is 11.6 Å². The molecular weight excluding hydrogens is 352 g/mol. The minimum absolute atomic E-state index is 0.0544. The number of nitrogens with zero attached hydrogens (tertiary/aromatic N) is 1. The van der Waals surface area contributed by atoms with Gasteiger partial charge in [0.2, 0.25) is 0 Å². The average molecular weight is 374 g/mol. The summed E-state index contributed by atoms with van der Waals surface area (Å²) in [7, 11) is 0. The first-order chi connectivity index (χ1) is 9.97. The molecule has 1 N–H and O–H groups in total. The van der Waals surface area contributed by atoms with E-state index >= 15 is 0 Å². The van der Waals surface area contributed by atoms with Crippen molar-refractivity contribution < 1.29 is 4.79 Å². The Kier molecular flexibility index (Phi) is 6.08. The molecule has 1 saturated heterocycles. The third-order valence-electron chi connectivity index (χ3n) is 3.85. The molecule has 3 nitrogen and oxygen atoms in total. The Balaban J connectivity index is 2.14. The van der Waals surface area contributed by atoms with Gasteiger partial charge in [-0.25, -0.2) is 0 Å². The van der Waals surface area contributed by atoms with Crippen LogP contribution in [-0.4, -0.2) is 36.5 Å². The van der Waals surface area contributed by atoms with Crippen molar-refractivity contribution in [2.45, 2.75) is 32.7 Å². The molecule has 0 spiro atoms. The summed E-state index contributed by atoms with van der Waals surface area (Å²) in [5, 5.41) is 3.99. The molecule has 1 heterocycles. The summed E-state index contributed by atoms with van der Waals surface area (Å²) < 4.78 is 0.835. The van der Waals surface area contributed by atoms with Crippen molar-refractivity contribution in [3.63, 3.8) is 0 Å². The average Bonchev–Trinajstić information content (AvgIpc) is 2.44. The highest BCUT2D eigenvalue weighted by Gasteiger charge is 2.24. The Bertz CT molecular complexity index is 481. The number of carbonyl (C=O) groups excluding carboxylic acids is 1. The smallest absolute Gasteiger partial charge is 0.254 e. The summed E-state index contributed by atoms with van der Waals surface area (Å²) >= 11 is 9.46. The van der Waals surface area contributed by atoms with E-state index in [0.717, 1.165) is 24.1 Å². The quantitative estimate of drug-likeness (QED) is 0.866. The highest BCUT2D eigenvalue weighted by Crippen LogP contribution is 2.22.